The number of sulfonamides is 1. The van der Waals surface area contributed by atoms with Gasteiger partial charge in [-0.25, -0.2) is 17.7 Å². The Morgan fingerprint density at radius 1 is 1.19 bits per heavy atom. The average Bonchev–Trinajstić information content (AvgIpc) is 3.06. The highest BCUT2D eigenvalue weighted by atomic mass is 32.2. The molecule has 2 aromatic rings. The highest BCUT2D eigenvalue weighted by Gasteiger charge is 2.26. The van der Waals surface area contributed by atoms with Gasteiger partial charge in [-0.15, -0.1) is 0 Å². The van der Waals surface area contributed by atoms with Gasteiger partial charge in [0.25, 0.3) is 0 Å². The van der Waals surface area contributed by atoms with Gasteiger partial charge in [-0.05, 0) is 42.9 Å². The number of carbonyl (C=O) groups is 1. The summed E-state index contributed by atoms with van der Waals surface area (Å²) < 4.78 is 28.4. The first-order chi connectivity index (χ1) is 14.6. The number of likely N-dealkylation sites (tertiary alicyclic amines) is 1. The lowest BCUT2D eigenvalue weighted by Gasteiger charge is -2.35. The van der Waals surface area contributed by atoms with Gasteiger partial charge in [0.2, 0.25) is 15.9 Å². The number of aromatic nitrogens is 2. The van der Waals surface area contributed by atoms with Crippen LogP contribution in [0.1, 0.15) is 52.3 Å². The number of rotatable bonds is 8. The molecule has 0 saturated carbocycles. The molecule has 0 N–H and O–H groups in total. The molecule has 2 atom stereocenters. The van der Waals surface area contributed by atoms with Crippen LogP contribution in [-0.4, -0.2) is 60.3 Å². The number of hydrogen-bond donors (Lipinski definition) is 0. The molecule has 0 spiro atoms. The van der Waals surface area contributed by atoms with E-state index in [1.807, 2.05) is 11.0 Å². The first-order valence-corrected chi connectivity index (χ1v) is 12.8. The minimum atomic E-state index is -3.52. The monoisotopic (exact) mass is 448 g/mol. The Balaban J connectivity index is 1.85. The Hall–Kier alpha value is -1.93. The van der Waals surface area contributed by atoms with Crippen LogP contribution in [0.25, 0.3) is 11.0 Å². The molecule has 0 bridgehead atoms. The van der Waals surface area contributed by atoms with E-state index in [2.05, 4.69) is 25.3 Å². The number of fused-ring (bicyclic) bond motifs is 1. The predicted octanol–water partition coefficient (Wildman–Crippen LogP) is 3.52. The van der Waals surface area contributed by atoms with Crippen LogP contribution in [0.3, 0.4) is 0 Å². The molecule has 1 aromatic heterocycles. The number of benzene rings is 1. The van der Waals surface area contributed by atoms with Crippen LogP contribution in [-0.2, 0) is 27.8 Å². The van der Waals surface area contributed by atoms with Crippen molar-refractivity contribution in [3.8, 4) is 0 Å². The van der Waals surface area contributed by atoms with Crippen LogP contribution in [0.15, 0.2) is 23.1 Å². The minimum absolute atomic E-state index is 0.184. The second-order valence-corrected chi connectivity index (χ2v) is 11.4. The topological polar surface area (TPSA) is 75.5 Å². The van der Waals surface area contributed by atoms with E-state index in [0.717, 1.165) is 43.8 Å². The zero-order chi connectivity index (χ0) is 22.8. The molecule has 7 nitrogen and oxygen atoms in total. The van der Waals surface area contributed by atoms with Crippen LogP contribution in [0, 0.1) is 11.8 Å². The molecule has 1 amide bonds. The van der Waals surface area contributed by atoms with Crippen molar-refractivity contribution in [2.45, 2.75) is 64.3 Å². The van der Waals surface area contributed by atoms with Gasteiger partial charge in [0.15, 0.2) is 0 Å². The van der Waals surface area contributed by atoms with Gasteiger partial charge in [0.05, 0.1) is 15.9 Å². The minimum Gasteiger partial charge on any atom is -0.342 e. The van der Waals surface area contributed by atoms with Crippen LogP contribution in [0.4, 0.5) is 0 Å². The normalized spacial score (nSPS) is 20.0. The van der Waals surface area contributed by atoms with E-state index in [1.54, 1.807) is 12.1 Å². The smallest absolute Gasteiger partial charge is 0.242 e. The van der Waals surface area contributed by atoms with Crippen molar-refractivity contribution in [3.05, 3.63) is 24.0 Å². The molecule has 3 rings (SSSR count). The second kappa shape index (κ2) is 9.69. The number of nitrogens with zero attached hydrogens (tertiary/aromatic N) is 4. The maximum absolute atomic E-state index is 12.9. The Morgan fingerprint density at radius 3 is 2.48 bits per heavy atom. The van der Waals surface area contributed by atoms with Gasteiger partial charge in [0.1, 0.15) is 5.82 Å². The summed E-state index contributed by atoms with van der Waals surface area (Å²) in [7, 11) is -0.463. The SMILES string of the molecule is CCCCn1c(CCC(=O)N2CC(C)CC(C)C2)nc2cc(S(=O)(=O)N(C)C)ccc21. The zero-order valence-corrected chi connectivity index (χ0v) is 20.3. The van der Waals surface area contributed by atoms with E-state index in [1.165, 1.54) is 24.8 Å². The molecular weight excluding hydrogens is 412 g/mol. The quantitative estimate of drug-likeness (QED) is 0.619. The lowest BCUT2D eigenvalue weighted by molar-refractivity contribution is -0.133. The van der Waals surface area contributed by atoms with Crippen molar-refractivity contribution in [1.29, 1.82) is 0 Å². The summed E-state index contributed by atoms with van der Waals surface area (Å²) in [5.41, 5.74) is 1.59. The molecular formula is C23H36N4O3S. The highest BCUT2D eigenvalue weighted by molar-refractivity contribution is 7.89. The van der Waals surface area contributed by atoms with E-state index < -0.39 is 10.0 Å². The van der Waals surface area contributed by atoms with Gasteiger partial charge < -0.3 is 9.47 Å². The zero-order valence-electron chi connectivity index (χ0n) is 19.5. The predicted molar refractivity (Wildman–Crippen MR) is 123 cm³/mol. The van der Waals surface area contributed by atoms with Gasteiger partial charge >= 0.3 is 0 Å². The van der Waals surface area contributed by atoms with Crippen LogP contribution in [0.2, 0.25) is 0 Å². The third-order valence-electron chi connectivity index (χ3n) is 6.10. The molecule has 2 unspecified atom stereocenters. The number of unbranched alkanes of at least 4 members (excludes halogenated alkanes) is 1. The lowest BCUT2D eigenvalue weighted by Crippen LogP contribution is -2.42. The van der Waals surface area contributed by atoms with Crippen molar-refractivity contribution in [2.75, 3.05) is 27.2 Å². The summed E-state index contributed by atoms with van der Waals surface area (Å²) in [6.45, 7) is 9.04. The summed E-state index contributed by atoms with van der Waals surface area (Å²) in [5, 5.41) is 0. The summed E-state index contributed by atoms with van der Waals surface area (Å²) in [4.78, 5) is 19.9. The van der Waals surface area contributed by atoms with E-state index in [4.69, 9.17) is 4.98 Å². The molecule has 0 aliphatic carbocycles. The first-order valence-electron chi connectivity index (χ1n) is 11.3. The Bertz CT molecular complexity index is 1020. The molecule has 0 radical (unpaired) electrons. The van der Waals surface area contributed by atoms with Crippen molar-refractivity contribution in [3.63, 3.8) is 0 Å². The summed E-state index contributed by atoms with van der Waals surface area (Å²) in [6.07, 6.45) is 4.22. The first kappa shape index (κ1) is 23.7. The van der Waals surface area contributed by atoms with Crippen molar-refractivity contribution in [1.82, 2.24) is 18.8 Å². The summed E-state index contributed by atoms with van der Waals surface area (Å²) in [6, 6.07) is 5.13. The maximum atomic E-state index is 12.9. The van der Waals surface area contributed by atoms with E-state index in [9.17, 15) is 13.2 Å². The standard InChI is InChI=1S/C23H36N4O3S/c1-6-7-12-27-21-9-8-19(31(29,30)25(4)5)14-20(21)24-22(27)10-11-23(28)26-15-17(2)13-18(3)16-26/h8-9,14,17-18H,6-7,10-13,15-16H2,1-5H3. The largest absolute Gasteiger partial charge is 0.342 e. The number of imidazole rings is 1. The number of aryl methyl sites for hydroxylation is 2. The maximum Gasteiger partial charge on any atom is 0.242 e. The Kier molecular flexibility index (Phi) is 7.42. The second-order valence-electron chi connectivity index (χ2n) is 9.22. The summed E-state index contributed by atoms with van der Waals surface area (Å²) >= 11 is 0. The van der Waals surface area contributed by atoms with E-state index >= 15 is 0 Å². The molecule has 1 fully saturated rings. The van der Waals surface area contributed by atoms with Crippen LogP contribution < -0.4 is 0 Å². The molecule has 1 aromatic carbocycles. The fraction of sp³-hybridized carbons (Fsp3) is 0.652. The van der Waals surface area contributed by atoms with Gasteiger partial charge in [0, 0.05) is 46.6 Å². The van der Waals surface area contributed by atoms with Crippen molar-refractivity contribution < 1.29 is 13.2 Å². The molecule has 2 heterocycles. The molecule has 172 valence electrons. The van der Waals surface area contributed by atoms with Crippen LogP contribution >= 0.6 is 0 Å². The third kappa shape index (κ3) is 5.29. The number of amides is 1. The Labute approximate surface area is 186 Å². The summed E-state index contributed by atoms with van der Waals surface area (Å²) in [5.74, 6) is 2.12. The van der Waals surface area contributed by atoms with Gasteiger partial charge in [-0.1, -0.05) is 27.2 Å². The molecule has 1 aliphatic heterocycles. The lowest BCUT2D eigenvalue weighted by atomic mass is 9.91. The number of carbonyl (C=O) groups excluding carboxylic acids is 1. The third-order valence-corrected chi connectivity index (χ3v) is 7.91. The highest BCUT2D eigenvalue weighted by Crippen LogP contribution is 2.25. The molecule has 1 saturated heterocycles. The number of piperidine rings is 1. The fourth-order valence-electron chi connectivity index (χ4n) is 4.53. The van der Waals surface area contributed by atoms with Crippen molar-refractivity contribution >= 4 is 27.0 Å². The van der Waals surface area contributed by atoms with Gasteiger partial charge in [-0.2, -0.15) is 0 Å². The molecule has 1 aliphatic rings. The van der Waals surface area contributed by atoms with E-state index in [0.29, 0.717) is 30.2 Å². The Morgan fingerprint density at radius 2 is 1.87 bits per heavy atom. The van der Waals surface area contributed by atoms with Crippen LogP contribution in [0.5, 0.6) is 0 Å². The number of hydrogen-bond acceptors (Lipinski definition) is 4. The van der Waals surface area contributed by atoms with Gasteiger partial charge in [-0.3, -0.25) is 4.79 Å². The average molecular weight is 449 g/mol. The van der Waals surface area contributed by atoms with E-state index in [-0.39, 0.29) is 10.8 Å². The molecule has 31 heavy (non-hydrogen) atoms. The van der Waals surface area contributed by atoms with Crippen molar-refractivity contribution in [2.24, 2.45) is 11.8 Å². The molecule has 8 heteroatoms. The fourth-order valence-corrected chi connectivity index (χ4v) is 5.45.